The van der Waals surface area contributed by atoms with Crippen LogP contribution in [0.4, 0.5) is 4.79 Å². The summed E-state index contributed by atoms with van der Waals surface area (Å²) < 4.78 is 0.0556. The number of carboxylic acid groups (broad SMARTS) is 1. The first-order chi connectivity index (χ1) is 2.64. The van der Waals surface area contributed by atoms with Gasteiger partial charge in [-0.25, -0.2) is 10.6 Å². The van der Waals surface area contributed by atoms with Gasteiger partial charge in [0.15, 0.2) is 0 Å². The fourth-order valence-electron chi connectivity index (χ4n) is 0. The van der Waals surface area contributed by atoms with Gasteiger partial charge in [0, 0.05) is 11.8 Å². The number of hydrogen-bond acceptors (Lipinski definition) is 2. The zero-order chi connectivity index (χ0) is 5.15. The molecule has 0 aliphatic carbocycles. The predicted molar refractivity (Wildman–Crippen MR) is 19.9 cm³/mol. The Hall–Kier alpha value is -0.480. The molecule has 3 N–H and O–H groups in total. The number of hydrogen-bond donors (Lipinski definition) is 2. The van der Waals surface area contributed by atoms with Crippen LogP contribution in [0, 0.1) is 0 Å². The molecule has 6 heavy (non-hydrogen) atoms. The van der Waals surface area contributed by atoms with E-state index in [2.05, 4.69) is 17.6 Å². The average molecular weight is 110 g/mol. The van der Waals surface area contributed by atoms with E-state index in [1.807, 2.05) is 0 Å². The molecule has 0 rings (SSSR count). The summed E-state index contributed by atoms with van der Waals surface area (Å²) in [6, 6.07) is 0. The van der Waals surface area contributed by atoms with Crippen molar-refractivity contribution in [3.05, 3.63) is 0 Å². The highest BCUT2D eigenvalue weighted by Crippen LogP contribution is 1.79. The summed E-state index contributed by atoms with van der Waals surface area (Å²) in [5.41, 5.74) is 0. The van der Waals surface area contributed by atoms with Crippen molar-refractivity contribution < 1.29 is 9.90 Å². The van der Waals surface area contributed by atoms with Gasteiger partial charge in [-0.2, -0.15) is 4.53 Å². The first kappa shape index (κ1) is 5.52. The first-order valence-electron chi connectivity index (χ1n) is 1.08. The molecule has 0 aromatic rings. The van der Waals surface area contributed by atoms with Crippen LogP contribution in [0.15, 0.2) is 0 Å². The molecule has 0 atom stereocenters. The molecule has 36 valence electrons. The smallest absolute Gasteiger partial charge is 0.437 e. The summed E-state index contributed by atoms with van der Waals surface area (Å²) >= 11 is 4.62. The van der Waals surface area contributed by atoms with Crippen LogP contribution in [-0.4, -0.2) is 15.7 Å². The molecular weight excluding hydrogens is 107 g/mol. The third-order valence-corrected chi connectivity index (χ3v) is 0.327. The van der Waals surface area contributed by atoms with Crippen LogP contribution < -0.4 is 5.84 Å². The predicted octanol–water partition coefficient (Wildman–Crippen LogP) is -0.00610. The second-order valence-electron chi connectivity index (χ2n) is 0.594. The second-order valence-corrected chi connectivity index (χ2v) is 0.958. The molecule has 0 bridgehead atoms. The molecule has 0 aromatic heterocycles. The van der Waals surface area contributed by atoms with Gasteiger partial charge in [0.1, 0.15) is 0 Å². The third kappa shape index (κ3) is 1.80. The summed E-state index contributed by atoms with van der Waals surface area (Å²) in [6.45, 7) is 0. The molecule has 4 nitrogen and oxygen atoms in total. The molecule has 0 fully saturated rings. The van der Waals surface area contributed by atoms with E-state index in [-0.39, 0.29) is 4.53 Å². The van der Waals surface area contributed by atoms with Gasteiger partial charge in [-0.3, -0.25) is 0 Å². The maximum Gasteiger partial charge on any atom is 0.437 e. The van der Waals surface area contributed by atoms with E-state index in [0.717, 1.165) is 0 Å². The Kier molecular flexibility index (Phi) is 1.69. The molecule has 0 saturated heterocycles. The standard InChI is InChI=1S/CH3ClN2O2/c2-4(3)1(5)6/h3H2,(H,5,6). The normalized spacial score (nSPS) is 7.67. The lowest BCUT2D eigenvalue weighted by Crippen LogP contribution is -2.25. The molecule has 0 heterocycles. The van der Waals surface area contributed by atoms with E-state index in [4.69, 9.17) is 5.11 Å². The van der Waals surface area contributed by atoms with Gasteiger partial charge in [-0.15, -0.1) is 0 Å². The average Bonchev–Trinajstić information content (AvgIpc) is 1.36. The number of hydrazine groups is 1. The van der Waals surface area contributed by atoms with E-state index in [1.54, 1.807) is 0 Å². The summed E-state index contributed by atoms with van der Waals surface area (Å²) in [5, 5.41) is 7.66. The Morgan fingerprint density at radius 2 is 2.17 bits per heavy atom. The Balaban J connectivity index is 3.26. The van der Waals surface area contributed by atoms with Gasteiger partial charge in [0.05, 0.1) is 0 Å². The van der Waals surface area contributed by atoms with Gasteiger partial charge in [-0.05, 0) is 0 Å². The minimum atomic E-state index is -1.36. The van der Waals surface area contributed by atoms with Crippen LogP contribution in [-0.2, 0) is 0 Å². The Labute approximate surface area is 39.2 Å². The van der Waals surface area contributed by atoms with Crippen LogP contribution >= 0.6 is 11.8 Å². The summed E-state index contributed by atoms with van der Waals surface area (Å²) in [6.07, 6.45) is -1.36. The topological polar surface area (TPSA) is 66.6 Å². The lowest BCUT2D eigenvalue weighted by molar-refractivity contribution is 0.174. The van der Waals surface area contributed by atoms with Crippen molar-refractivity contribution in [3.63, 3.8) is 0 Å². The molecule has 0 spiro atoms. The summed E-state index contributed by atoms with van der Waals surface area (Å²) in [5.74, 6) is 4.43. The monoisotopic (exact) mass is 110 g/mol. The van der Waals surface area contributed by atoms with Crippen molar-refractivity contribution in [2.45, 2.75) is 0 Å². The van der Waals surface area contributed by atoms with Crippen molar-refractivity contribution in [2.75, 3.05) is 0 Å². The van der Waals surface area contributed by atoms with Crippen molar-refractivity contribution in [1.29, 1.82) is 0 Å². The maximum atomic E-state index is 9.37. The zero-order valence-corrected chi connectivity index (χ0v) is 3.51. The molecule has 0 radical (unpaired) electrons. The molecule has 1 amide bonds. The largest absolute Gasteiger partial charge is 0.463 e. The molecule has 0 aromatic carbocycles. The van der Waals surface area contributed by atoms with Crippen LogP contribution in [0.3, 0.4) is 0 Å². The Morgan fingerprint density at radius 1 is 2.00 bits per heavy atom. The second kappa shape index (κ2) is 1.84. The lowest BCUT2D eigenvalue weighted by atomic mass is 11.3. The van der Waals surface area contributed by atoms with Crippen LogP contribution in [0.2, 0.25) is 0 Å². The number of amides is 1. The van der Waals surface area contributed by atoms with Gasteiger partial charge in [-0.1, -0.05) is 0 Å². The number of halogens is 1. The quantitative estimate of drug-likeness (QED) is 0.200. The van der Waals surface area contributed by atoms with Crippen molar-refractivity contribution in [2.24, 2.45) is 5.84 Å². The first-order valence-corrected chi connectivity index (χ1v) is 1.42. The van der Waals surface area contributed by atoms with Crippen molar-refractivity contribution in [3.8, 4) is 0 Å². The van der Waals surface area contributed by atoms with E-state index in [9.17, 15) is 4.79 Å². The SMILES string of the molecule is NN(Cl)C(=O)O. The minimum Gasteiger partial charge on any atom is -0.463 e. The van der Waals surface area contributed by atoms with Crippen molar-refractivity contribution >= 4 is 17.9 Å². The molecule has 0 saturated carbocycles. The third-order valence-electron chi connectivity index (χ3n) is 0.183. The molecule has 0 aliphatic rings. The number of nitrogens with two attached hydrogens (primary N) is 1. The van der Waals surface area contributed by atoms with E-state index in [0.29, 0.717) is 0 Å². The molecule has 0 aliphatic heterocycles. The zero-order valence-electron chi connectivity index (χ0n) is 2.76. The highest BCUT2D eigenvalue weighted by molar-refractivity contribution is 6.19. The minimum absolute atomic E-state index is 0.0556. The summed E-state index contributed by atoms with van der Waals surface area (Å²) in [7, 11) is 0. The maximum absolute atomic E-state index is 9.37. The van der Waals surface area contributed by atoms with Crippen LogP contribution in [0.5, 0.6) is 0 Å². The van der Waals surface area contributed by atoms with Crippen LogP contribution in [0.25, 0.3) is 0 Å². The number of carbonyl (C=O) groups is 1. The number of nitrogens with zero attached hydrogens (tertiary/aromatic N) is 1. The molecule has 5 heteroatoms. The van der Waals surface area contributed by atoms with Gasteiger partial charge >= 0.3 is 6.09 Å². The lowest BCUT2D eigenvalue weighted by Gasteiger charge is -1.94. The van der Waals surface area contributed by atoms with Crippen molar-refractivity contribution in [1.82, 2.24) is 4.53 Å². The highest BCUT2D eigenvalue weighted by atomic mass is 35.5. The Bertz CT molecular complexity index is 62.6. The van der Waals surface area contributed by atoms with E-state index < -0.39 is 6.09 Å². The number of rotatable bonds is 0. The fourth-order valence-corrected chi connectivity index (χ4v) is 0. The Morgan fingerprint density at radius 3 is 2.17 bits per heavy atom. The van der Waals surface area contributed by atoms with E-state index >= 15 is 0 Å². The molecular formula is CH3ClN2O2. The van der Waals surface area contributed by atoms with Crippen LogP contribution in [0.1, 0.15) is 0 Å². The van der Waals surface area contributed by atoms with Gasteiger partial charge in [0.25, 0.3) is 0 Å². The van der Waals surface area contributed by atoms with Gasteiger partial charge in [0.2, 0.25) is 0 Å². The fraction of sp³-hybridized carbons (Fsp3) is 0. The molecule has 0 unspecified atom stereocenters. The van der Waals surface area contributed by atoms with E-state index in [1.165, 1.54) is 0 Å². The van der Waals surface area contributed by atoms with Gasteiger partial charge < -0.3 is 5.11 Å². The highest BCUT2D eigenvalue weighted by Gasteiger charge is 1.96. The summed E-state index contributed by atoms with van der Waals surface area (Å²) in [4.78, 5) is 9.37.